The molecular formula is C23H30N4O3. The van der Waals surface area contributed by atoms with Crippen LogP contribution in [0.25, 0.3) is 0 Å². The van der Waals surface area contributed by atoms with Gasteiger partial charge in [-0.3, -0.25) is 9.78 Å². The van der Waals surface area contributed by atoms with E-state index < -0.39 is 0 Å². The Hall–Kier alpha value is -2.93. The van der Waals surface area contributed by atoms with Crippen LogP contribution in [0.4, 0.5) is 10.5 Å². The zero-order valence-electron chi connectivity index (χ0n) is 17.4. The van der Waals surface area contributed by atoms with Gasteiger partial charge in [-0.2, -0.15) is 0 Å². The van der Waals surface area contributed by atoms with E-state index in [9.17, 15) is 9.59 Å². The van der Waals surface area contributed by atoms with Crippen LogP contribution in [-0.2, 0) is 11.3 Å². The molecule has 1 saturated carbocycles. The number of hydrogen-bond acceptors (Lipinski definition) is 4. The average molecular weight is 411 g/mol. The summed E-state index contributed by atoms with van der Waals surface area (Å²) in [7, 11) is 0. The van der Waals surface area contributed by atoms with Gasteiger partial charge in [0, 0.05) is 24.0 Å². The van der Waals surface area contributed by atoms with Gasteiger partial charge in [-0.1, -0.05) is 31.9 Å². The molecule has 0 aliphatic heterocycles. The Bertz CT molecular complexity index is 828. The molecule has 0 unspecified atom stereocenters. The van der Waals surface area contributed by atoms with Gasteiger partial charge in [0.15, 0.2) is 0 Å². The molecule has 30 heavy (non-hydrogen) atoms. The molecule has 1 aliphatic rings. The predicted molar refractivity (Wildman–Crippen MR) is 116 cm³/mol. The van der Waals surface area contributed by atoms with Gasteiger partial charge < -0.3 is 20.7 Å². The van der Waals surface area contributed by atoms with Gasteiger partial charge >= 0.3 is 6.03 Å². The molecule has 7 nitrogen and oxygen atoms in total. The van der Waals surface area contributed by atoms with Gasteiger partial charge in [0.2, 0.25) is 0 Å². The van der Waals surface area contributed by atoms with E-state index in [1.807, 2.05) is 18.2 Å². The van der Waals surface area contributed by atoms with E-state index >= 15 is 0 Å². The number of urea groups is 1. The van der Waals surface area contributed by atoms with E-state index in [1.54, 1.807) is 30.5 Å². The van der Waals surface area contributed by atoms with Gasteiger partial charge in [-0.25, -0.2) is 4.79 Å². The summed E-state index contributed by atoms with van der Waals surface area (Å²) in [6.07, 6.45) is 6.79. The first-order valence-electron chi connectivity index (χ1n) is 10.6. The van der Waals surface area contributed by atoms with Crippen molar-refractivity contribution >= 4 is 17.6 Å². The molecule has 0 saturated heterocycles. The molecule has 1 fully saturated rings. The molecule has 1 aromatic heterocycles. The number of ether oxygens (including phenoxy) is 1. The fourth-order valence-corrected chi connectivity index (χ4v) is 3.59. The summed E-state index contributed by atoms with van der Waals surface area (Å²) >= 11 is 0. The van der Waals surface area contributed by atoms with Crippen molar-refractivity contribution in [3.05, 3.63) is 59.9 Å². The SMILES string of the molecule is C[C@@H]1CCCC[C@@H]1OCCNC(=O)Nc1cccc(C(=O)NCc2ccccn2)c1. The first-order valence-corrected chi connectivity index (χ1v) is 10.6. The molecule has 1 aliphatic carbocycles. The van der Waals surface area contributed by atoms with Crippen molar-refractivity contribution in [3.63, 3.8) is 0 Å². The van der Waals surface area contributed by atoms with Gasteiger partial charge in [0.25, 0.3) is 5.91 Å². The molecule has 7 heteroatoms. The highest BCUT2D eigenvalue weighted by Gasteiger charge is 2.21. The molecule has 2 atom stereocenters. The smallest absolute Gasteiger partial charge is 0.319 e. The van der Waals surface area contributed by atoms with Crippen LogP contribution in [0.15, 0.2) is 48.7 Å². The maximum Gasteiger partial charge on any atom is 0.319 e. The first kappa shape index (κ1) is 21.8. The number of benzene rings is 1. The minimum atomic E-state index is -0.318. The van der Waals surface area contributed by atoms with Crippen molar-refractivity contribution in [2.45, 2.75) is 45.3 Å². The van der Waals surface area contributed by atoms with E-state index in [1.165, 1.54) is 19.3 Å². The average Bonchev–Trinajstić information content (AvgIpc) is 2.77. The molecular weight excluding hydrogens is 380 g/mol. The standard InChI is InChI=1S/C23H30N4O3/c1-17-7-2-3-11-21(17)30-14-13-25-23(29)27-19-10-6-8-18(15-19)22(28)26-16-20-9-4-5-12-24-20/h4-6,8-10,12,15,17,21H,2-3,7,11,13-14,16H2,1H3,(H,26,28)(H2,25,27,29)/t17-,21+/m1/s1. The molecule has 0 bridgehead atoms. The Morgan fingerprint density at radius 2 is 1.97 bits per heavy atom. The summed E-state index contributed by atoms with van der Waals surface area (Å²) < 4.78 is 5.91. The highest BCUT2D eigenvalue weighted by Crippen LogP contribution is 2.25. The van der Waals surface area contributed by atoms with Gasteiger partial charge in [-0.15, -0.1) is 0 Å². The number of aromatic nitrogens is 1. The molecule has 1 aromatic carbocycles. The second-order valence-electron chi connectivity index (χ2n) is 7.64. The lowest BCUT2D eigenvalue weighted by atomic mass is 9.88. The summed E-state index contributed by atoms with van der Waals surface area (Å²) in [6, 6.07) is 12.1. The van der Waals surface area contributed by atoms with Gasteiger partial charge in [0.1, 0.15) is 0 Å². The van der Waals surface area contributed by atoms with Crippen LogP contribution in [0, 0.1) is 5.92 Å². The van der Waals surface area contributed by atoms with Crippen molar-refractivity contribution in [1.82, 2.24) is 15.6 Å². The maximum atomic E-state index is 12.4. The first-order chi connectivity index (χ1) is 14.6. The van der Waals surface area contributed by atoms with Crippen molar-refractivity contribution < 1.29 is 14.3 Å². The number of carbonyl (C=O) groups excluding carboxylic acids is 2. The summed E-state index contributed by atoms with van der Waals surface area (Å²) in [6.45, 7) is 3.51. The topological polar surface area (TPSA) is 92.4 Å². The second kappa shape index (κ2) is 11.3. The van der Waals surface area contributed by atoms with Crippen LogP contribution < -0.4 is 16.0 Å². The number of pyridine rings is 1. The van der Waals surface area contributed by atoms with E-state index in [0.29, 0.717) is 43.0 Å². The predicted octanol–water partition coefficient (Wildman–Crippen LogP) is 3.73. The maximum absolute atomic E-state index is 12.4. The number of nitrogens with one attached hydrogen (secondary N) is 3. The largest absolute Gasteiger partial charge is 0.376 e. The van der Waals surface area contributed by atoms with E-state index in [-0.39, 0.29) is 11.9 Å². The van der Waals surface area contributed by atoms with Crippen molar-refractivity contribution in [2.75, 3.05) is 18.5 Å². The molecule has 3 N–H and O–H groups in total. The quantitative estimate of drug-likeness (QED) is 0.578. The summed E-state index contributed by atoms with van der Waals surface area (Å²) in [5.74, 6) is 0.360. The summed E-state index contributed by atoms with van der Waals surface area (Å²) in [4.78, 5) is 28.7. The summed E-state index contributed by atoms with van der Waals surface area (Å²) in [5, 5.41) is 8.38. The number of anilines is 1. The Labute approximate surface area is 177 Å². The normalized spacial score (nSPS) is 18.4. The number of hydrogen-bond donors (Lipinski definition) is 3. The lowest BCUT2D eigenvalue weighted by molar-refractivity contribution is -0.00232. The van der Waals surface area contributed by atoms with Crippen LogP contribution >= 0.6 is 0 Å². The molecule has 1 heterocycles. The van der Waals surface area contributed by atoms with Crippen LogP contribution in [0.5, 0.6) is 0 Å². The highest BCUT2D eigenvalue weighted by atomic mass is 16.5. The zero-order chi connectivity index (χ0) is 21.2. The van der Waals surface area contributed by atoms with Crippen molar-refractivity contribution in [2.24, 2.45) is 5.92 Å². The Balaban J connectivity index is 1.40. The second-order valence-corrected chi connectivity index (χ2v) is 7.64. The van der Waals surface area contributed by atoms with Crippen LogP contribution in [0.2, 0.25) is 0 Å². The van der Waals surface area contributed by atoms with Gasteiger partial charge in [-0.05, 0) is 49.1 Å². The number of nitrogens with zero attached hydrogens (tertiary/aromatic N) is 1. The molecule has 0 spiro atoms. The molecule has 3 rings (SSSR count). The third-order valence-electron chi connectivity index (χ3n) is 5.29. The Morgan fingerprint density at radius 1 is 1.10 bits per heavy atom. The fraction of sp³-hybridized carbons (Fsp3) is 0.435. The lowest BCUT2D eigenvalue weighted by Gasteiger charge is -2.28. The van der Waals surface area contributed by atoms with E-state index in [4.69, 9.17) is 4.74 Å². The number of rotatable bonds is 8. The Morgan fingerprint density at radius 3 is 2.77 bits per heavy atom. The summed E-state index contributed by atoms with van der Waals surface area (Å²) in [5.41, 5.74) is 1.81. The van der Waals surface area contributed by atoms with E-state index in [0.717, 1.165) is 12.1 Å². The number of amides is 3. The third kappa shape index (κ3) is 6.84. The minimum Gasteiger partial charge on any atom is -0.376 e. The van der Waals surface area contributed by atoms with Crippen LogP contribution in [0.3, 0.4) is 0 Å². The highest BCUT2D eigenvalue weighted by molar-refractivity contribution is 5.96. The monoisotopic (exact) mass is 410 g/mol. The lowest BCUT2D eigenvalue weighted by Crippen LogP contribution is -2.34. The fourth-order valence-electron chi connectivity index (χ4n) is 3.59. The van der Waals surface area contributed by atoms with E-state index in [2.05, 4.69) is 27.9 Å². The van der Waals surface area contributed by atoms with Crippen LogP contribution in [0.1, 0.15) is 48.7 Å². The zero-order valence-corrected chi connectivity index (χ0v) is 17.4. The van der Waals surface area contributed by atoms with Gasteiger partial charge in [0.05, 0.1) is 24.9 Å². The Kier molecular flexibility index (Phi) is 8.20. The minimum absolute atomic E-state index is 0.222. The molecule has 2 aromatic rings. The molecule has 0 radical (unpaired) electrons. The molecule has 160 valence electrons. The molecule has 3 amide bonds. The van der Waals surface area contributed by atoms with Crippen molar-refractivity contribution in [1.29, 1.82) is 0 Å². The third-order valence-corrected chi connectivity index (χ3v) is 5.29. The van der Waals surface area contributed by atoms with Crippen molar-refractivity contribution in [3.8, 4) is 0 Å². The van der Waals surface area contributed by atoms with Crippen LogP contribution in [-0.4, -0.2) is 36.2 Å². The number of carbonyl (C=O) groups is 2.